The third-order valence-corrected chi connectivity index (χ3v) is 5.83. The Morgan fingerprint density at radius 2 is 2.13 bits per heavy atom. The predicted molar refractivity (Wildman–Crippen MR) is 86.3 cm³/mol. The van der Waals surface area contributed by atoms with E-state index in [9.17, 15) is 8.42 Å². The zero-order valence-electron chi connectivity index (χ0n) is 12.9. The van der Waals surface area contributed by atoms with Gasteiger partial charge in [0.25, 0.3) is 0 Å². The summed E-state index contributed by atoms with van der Waals surface area (Å²) in [5, 5.41) is 2.89. The second kappa shape index (κ2) is 6.59. The lowest BCUT2D eigenvalue weighted by Gasteiger charge is -2.34. The van der Waals surface area contributed by atoms with Gasteiger partial charge in [0.15, 0.2) is 0 Å². The Bertz CT molecular complexity index is 766. The van der Waals surface area contributed by atoms with Crippen LogP contribution < -0.4 is 5.32 Å². The Balaban J connectivity index is 1.99. The van der Waals surface area contributed by atoms with E-state index in [0.29, 0.717) is 12.5 Å². The van der Waals surface area contributed by atoms with Crippen molar-refractivity contribution < 1.29 is 8.42 Å². The molecule has 7 nitrogen and oxygen atoms in total. The summed E-state index contributed by atoms with van der Waals surface area (Å²) < 4.78 is 27.4. The van der Waals surface area contributed by atoms with E-state index < -0.39 is 10.0 Å². The number of nitrogens with one attached hydrogen (secondary N) is 1. The summed E-state index contributed by atoms with van der Waals surface area (Å²) in [4.78, 5) is 12.7. The number of sulfonamides is 1. The van der Waals surface area contributed by atoms with Crippen LogP contribution in [0.1, 0.15) is 31.0 Å². The minimum atomic E-state index is -3.59. The number of nitrogens with zero attached hydrogens (tertiary/aromatic N) is 4. The molecule has 0 saturated carbocycles. The third kappa shape index (κ3) is 3.18. The lowest BCUT2D eigenvalue weighted by molar-refractivity contribution is 0.251. The number of hydrogen-bond donors (Lipinski definition) is 1. The highest BCUT2D eigenvalue weighted by Crippen LogP contribution is 2.34. The van der Waals surface area contributed by atoms with Gasteiger partial charge in [-0.1, -0.05) is 6.42 Å². The lowest BCUT2D eigenvalue weighted by Crippen LogP contribution is -2.39. The van der Waals surface area contributed by atoms with Crippen molar-refractivity contribution in [3.8, 4) is 0 Å². The van der Waals surface area contributed by atoms with E-state index in [1.54, 1.807) is 37.6 Å². The van der Waals surface area contributed by atoms with Crippen LogP contribution in [0.25, 0.3) is 0 Å². The van der Waals surface area contributed by atoms with Crippen LogP contribution in [0.3, 0.4) is 0 Å². The second-order valence-corrected chi connectivity index (χ2v) is 7.26. The van der Waals surface area contributed by atoms with Gasteiger partial charge in [-0.15, -0.1) is 0 Å². The van der Waals surface area contributed by atoms with E-state index in [1.165, 1.54) is 10.5 Å². The molecule has 1 aliphatic rings. The summed E-state index contributed by atoms with van der Waals surface area (Å²) >= 11 is 0. The zero-order valence-corrected chi connectivity index (χ0v) is 13.7. The van der Waals surface area contributed by atoms with Crippen LogP contribution in [0, 0.1) is 0 Å². The largest absolute Gasteiger partial charge is 0.357 e. The molecule has 0 aromatic carbocycles. The second-order valence-electron chi connectivity index (χ2n) is 5.37. The zero-order chi connectivity index (χ0) is 16.3. The summed E-state index contributed by atoms with van der Waals surface area (Å²) in [6, 6.07) is 4.72. The van der Waals surface area contributed by atoms with Gasteiger partial charge in [-0.25, -0.2) is 18.4 Å². The maximum absolute atomic E-state index is 13.0. The number of rotatable bonds is 4. The summed E-state index contributed by atoms with van der Waals surface area (Å²) in [6.07, 6.45) is 7.18. The first kappa shape index (κ1) is 15.8. The van der Waals surface area contributed by atoms with Gasteiger partial charge in [0.05, 0.1) is 11.7 Å². The monoisotopic (exact) mass is 333 g/mol. The molecule has 3 rings (SSSR count). The number of piperidine rings is 1. The molecule has 1 N–H and O–H groups in total. The van der Waals surface area contributed by atoms with Crippen LogP contribution in [-0.4, -0.2) is 41.3 Å². The highest BCUT2D eigenvalue weighted by atomic mass is 32.2. The first-order valence-electron chi connectivity index (χ1n) is 7.55. The van der Waals surface area contributed by atoms with Gasteiger partial charge in [-0.3, -0.25) is 4.98 Å². The van der Waals surface area contributed by atoms with E-state index in [4.69, 9.17) is 0 Å². The summed E-state index contributed by atoms with van der Waals surface area (Å²) in [7, 11) is -1.85. The summed E-state index contributed by atoms with van der Waals surface area (Å²) in [5.74, 6) is 0.492. The van der Waals surface area contributed by atoms with E-state index in [1.807, 2.05) is 0 Å². The maximum Gasteiger partial charge on any atom is 0.245 e. The molecule has 1 aliphatic heterocycles. The van der Waals surface area contributed by atoms with Crippen molar-refractivity contribution in [3.63, 3.8) is 0 Å². The first-order valence-corrected chi connectivity index (χ1v) is 8.99. The van der Waals surface area contributed by atoms with E-state index in [0.717, 1.165) is 25.0 Å². The number of hydrogen-bond acceptors (Lipinski definition) is 6. The molecule has 0 amide bonds. The van der Waals surface area contributed by atoms with E-state index >= 15 is 0 Å². The molecule has 0 radical (unpaired) electrons. The summed E-state index contributed by atoms with van der Waals surface area (Å²) in [6.45, 7) is 0.487. The number of aromatic nitrogens is 3. The average molecular weight is 333 g/mol. The van der Waals surface area contributed by atoms with Crippen molar-refractivity contribution in [2.45, 2.75) is 30.2 Å². The fourth-order valence-corrected chi connectivity index (χ4v) is 4.44. The predicted octanol–water partition coefficient (Wildman–Crippen LogP) is 1.83. The molecule has 122 valence electrons. The molecule has 2 aromatic heterocycles. The molecule has 8 heteroatoms. The van der Waals surface area contributed by atoms with Crippen LogP contribution in [0.15, 0.2) is 41.7 Å². The SMILES string of the molecule is CNc1nccc(C2CCCCN2S(=O)(=O)c2cccnc2)n1. The molecule has 3 heterocycles. The molecule has 2 aromatic rings. The molecule has 0 spiro atoms. The lowest BCUT2D eigenvalue weighted by atomic mass is 10.0. The van der Waals surface area contributed by atoms with E-state index in [-0.39, 0.29) is 10.9 Å². The number of anilines is 1. The number of pyridine rings is 1. The highest BCUT2D eigenvalue weighted by Gasteiger charge is 2.35. The molecular formula is C15H19N5O2S. The van der Waals surface area contributed by atoms with Gasteiger partial charge in [-0.2, -0.15) is 4.31 Å². The maximum atomic E-state index is 13.0. The minimum Gasteiger partial charge on any atom is -0.357 e. The van der Waals surface area contributed by atoms with Crippen molar-refractivity contribution in [2.75, 3.05) is 18.9 Å². The van der Waals surface area contributed by atoms with Crippen LogP contribution >= 0.6 is 0 Å². The molecule has 0 bridgehead atoms. The smallest absolute Gasteiger partial charge is 0.245 e. The first-order chi connectivity index (χ1) is 11.1. The fraction of sp³-hybridized carbons (Fsp3) is 0.400. The Labute approximate surface area is 135 Å². The molecule has 1 saturated heterocycles. The van der Waals surface area contributed by atoms with Crippen molar-refractivity contribution in [1.82, 2.24) is 19.3 Å². The quantitative estimate of drug-likeness (QED) is 0.918. The van der Waals surface area contributed by atoms with Gasteiger partial charge in [0, 0.05) is 32.2 Å². The fourth-order valence-electron chi connectivity index (χ4n) is 2.80. The highest BCUT2D eigenvalue weighted by molar-refractivity contribution is 7.89. The normalized spacial score (nSPS) is 19.4. The Morgan fingerprint density at radius 1 is 1.26 bits per heavy atom. The third-order valence-electron chi connectivity index (χ3n) is 3.94. The van der Waals surface area contributed by atoms with Crippen LogP contribution in [0.4, 0.5) is 5.95 Å². The Morgan fingerprint density at radius 3 is 2.87 bits per heavy atom. The molecule has 23 heavy (non-hydrogen) atoms. The van der Waals surface area contributed by atoms with E-state index in [2.05, 4.69) is 20.3 Å². The van der Waals surface area contributed by atoms with Gasteiger partial charge in [0.1, 0.15) is 4.90 Å². The molecule has 1 atom stereocenters. The Kier molecular flexibility index (Phi) is 4.53. The van der Waals surface area contributed by atoms with Gasteiger partial charge >= 0.3 is 0 Å². The Hall–Kier alpha value is -2.06. The van der Waals surface area contributed by atoms with Crippen molar-refractivity contribution in [3.05, 3.63) is 42.5 Å². The standard InChI is InChI=1S/C15H19N5O2S/c1-16-15-18-9-7-13(19-15)14-6-2-3-10-20(14)23(21,22)12-5-4-8-17-11-12/h4-5,7-9,11,14H,2-3,6,10H2,1H3,(H,16,18,19). The molecule has 1 unspecified atom stereocenters. The van der Waals surface area contributed by atoms with Crippen molar-refractivity contribution >= 4 is 16.0 Å². The van der Waals surface area contributed by atoms with Crippen LogP contribution in [-0.2, 0) is 10.0 Å². The summed E-state index contributed by atoms with van der Waals surface area (Å²) in [5.41, 5.74) is 0.719. The minimum absolute atomic E-state index is 0.217. The van der Waals surface area contributed by atoms with Crippen molar-refractivity contribution in [1.29, 1.82) is 0 Å². The van der Waals surface area contributed by atoms with Crippen molar-refractivity contribution in [2.24, 2.45) is 0 Å². The topological polar surface area (TPSA) is 88.1 Å². The van der Waals surface area contributed by atoms with Gasteiger partial charge in [0.2, 0.25) is 16.0 Å². The van der Waals surface area contributed by atoms with Crippen LogP contribution in [0.2, 0.25) is 0 Å². The molecule has 1 fully saturated rings. The van der Waals surface area contributed by atoms with Gasteiger partial charge in [-0.05, 0) is 31.0 Å². The van der Waals surface area contributed by atoms with Gasteiger partial charge < -0.3 is 5.32 Å². The molecule has 0 aliphatic carbocycles. The van der Waals surface area contributed by atoms with Crippen LogP contribution in [0.5, 0.6) is 0 Å². The average Bonchev–Trinajstić information content (AvgIpc) is 2.62. The molecular weight excluding hydrogens is 314 g/mol.